The molecule has 0 aromatic rings. The molecule has 0 rings (SSSR count). The molecule has 0 fully saturated rings. The van der Waals surface area contributed by atoms with Crippen molar-refractivity contribution >= 4 is 34.3 Å². The molecule has 2 unspecified atom stereocenters. The van der Waals surface area contributed by atoms with Gasteiger partial charge in [-0.15, -0.1) is 0 Å². The van der Waals surface area contributed by atoms with Crippen LogP contribution in [0.15, 0.2) is 0 Å². The van der Waals surface area contributed by atoms with Gasteiger partial charge in [-0.1, -0.05) is 0 Å². The van der Waals surface area contributed by atoms with Gasteiger partial charge in [-0.25, -0.2) is 0 Å². The van der Waals surface area contributed by atoms with E-state index < -0.39 is 15.4 Å². The molecule has 0 heterocycles. The van der Waals surface area contributed by atoms with Gasteiger partial charge >= 0.3 is 0 Å². The van der Waals surface area contributed by atoms with Crippen molar-refractivity contribution in [3.05, 3.63) is 0 Å². The summed E-state index contributed by atoms with van der Waals surface area (Å²) in [5, 5.41) is 0. The van der Waals surface area contributed by atoms with E-state index in [4.69, 9.17) is 14.2 Å². The van der Waals surface area contributed by atoms with E-state index in [1.54, 1.807) is 0 Å². The Kier molecular flexibility index (Phi) is 12.8. The van der Waals surface area contributed by atoms with Crippen LogP contribution in [0.1, 0.15) is 6.42 Å². The zero-order chi connectivity index (χ0) is 14.5. The minimum atomic E-state index is -0.404. The zero-order valence-corrected chi connectivity index (χ0v) is 13.7. The first-order valence-corrected chi connectivity index (χ1v) is 9.97. The lowest BCUT2D eigenvalue weighted by atomic mass is 10.5. The van der Waals surface area contributed by atoms with Crippen LogP contribution < -0.4 is 0 Å². The molecule has 0 N–H and O–H groups in total. The molecule has 0 aliphatic rings. The highest BCUT2D eigenvalue weighted by Gasteiger charge is 2.24. The number of ether oxygens (including phenoxy) is 3. The van der Waals surface area contributed by atoms with Crippen molar-refractivity contribution in [3.8, 4) is 0 Å². The third-order valence-electron chi connectivity index (χ3n) is 2.12. The van der Waals surface area contributed by atoms with Crippen molar-refractivity contribution < 1.29 is 19.0 Å². The van der Waals surface area contributed by atoms with Crippen LogP contribution in [-0.2, 0) is 19.0 Å². The molecule has 2 atom stereocenters. The lowest BCUT2D eigenvalue weighted by Gasteiger charge is -2.07. The van der Waals surface area contributed by atoms with E-state index >= 15 is 0 Å². The van der Waals surface area contributed by atoms with Crippen molar-refractivity contribution in [2.75, 3.05) is 53.1 Å². The maximum Gasteiger partial charge on any atom is 0.221 e. The first kappa shape index (κ1) is 18.9. The highest BCUT2D eigenvalue weighted by molar-refractivity contribution is 7.67. The van der Waals surface area contributed by atoms with E-state index in [2.05, 4.69) is 30.4 Å². The minimum Gasteiger partial charge on any atom is -0.379 e. The van der Waals surface area contributed by atoms with Crippen LogP contribution >= 0.6 is 15.4 Å². The van der Waals surface area contributed by atoms with E-state index in [0.717, 1.165) is 6.29 Å². The number of carbonyl (C=O) groups excluding carboxylic acids is 1. The second-order valence-electron chi connectivity index (χ2n) is 3.91. The number of carbonyl (C=O) groups is 1. The average molecular weight is 309 g/mol. The number of rotatable bonds is 13. The van der Waals surface area contributed by atoms with Crippen LogP contribution in [0.2, 0.25) is 0 Å². The van der Waals surface area contributed by atoms with Crippen LogP contribution in [0, 0.1) is 0 Å². The lowest BCUT2D eigenvalue weighted by molar-refractivity contribution is -0.108. The Balaban J connectivity index is 3.37. The number of nitrogens with zero attached hydrogens (tertiary/aromatic N) is 1. The monoisotopic (exact) mass is 309 g/mol. The smallest absolute Gasteiger partial charge is 0.221 e. The molecule has 110 valence electrons. The number of hydrogen-bond acceptors (Lipinski definition) is 5. The molecule has 19 heavy (non-hydrogen) atoms. The van der Waals surface area contributed by atoms with Crippen molar-refractivity contribution in [2.24, 2.45) is 0 Å². The average Bonchev–Trinajstić information content (AvgIpc) is 2.35. The zero-order valence-electron chi connectivity index (χ0n) is 11.9. The maximum atomic E-state index is 10.0. The summed E-state index contributed by atoms with van der Waals surface area (Å²) >= 11 is 0. The Morgan fingerprint density at radius 1 is 0.947 bits per heavy atom. The third-order valence-corrected chi connectivity index (χ3v) is 5.76. The van der Waals surface area contributed by atoms with E-state index in [1.165, 1.54) is 0 Å². The third kappa shape index (κ3) is 11.4. The molecule has 0 amide bonds. The summed E-state index contributed by atoms with van der Waals surface area (Å²) < 4.78 is 18.2. The first-order valence-electron chi connectivity index (χ1n) is 6.12. The molecule has 0 aliphatic heterocycles. The standard InChI is InChI=1S/C12H25NO4P2/c1-18(2)13(19(3)4)12-17-11-10-16-9-8-15-7-5-6-14/h6H,1,3,5,7-12H2,2,4H3/q+2. The fourth-order valence-corrected chi connectivity index (χ4v) is 3.82. The van der Waals surface area contributed by atoms with Crippen molar-refractivity contribution in [2.45, 2.75) is 6.42 Å². The quantitative estimate of drug-likeness (QED) is 0.225. The van der Waals surface area contributed by atoms with Gasteiger partial charge in [-0.05, 0) is 0 Å². The molecular formula is C12H25NO4P2+2. The molecule has 0 radical (unpaired) electrons. The van der Waals surface area contributed by atoms with Gasteiger partial charge in [0.1, 0.15) is 19.6 Å². The summed E-state index contributed by atoms with van der Waals surface area (Å²) in [7, 11) is -0.809. The summed E-state index contributed by atoms with van der Waals surface area (Å²) in [5.41, 5.74) is 0. The van der Waals surface area contributed by atoms with Gasteiger partial charge in [-0.3, -0.25) is 0 Å². The molecule has 0 aliphatic carbocycles. The topological polar surface area (TPSA) is 48.0 Å². The Bertz CT molecular complexity index is 273. The Labute approximate surface area is 118 Å². The second-order valence-corrected chi connectivity index (χ2v) is 7.82. The van der Waals surface area contributed by atoms with Gasteiger partial charge < -0.3 is 19.0 Å². The second kappa shape index (κ2) is 12.9. The van der Waals surface area contributed by atoms with E-state index in [1.807, 2.05) is 0 Å². The van der Waals surface area contributed by atoms with Crippen molar-refractivity contribution in [1.82, 2.24) is 4.44 Å². The van der Waals surface area contributed by atoms with E-state index in [-0.39, 0.29) is 0 Å². The lowest BCUT2D eigenvalue weighted by Crippen LogP contribution is -2.15. The van der Waals surface area contributed by atoms with Crippen LogP contribution in [0.3, 0.4) is 0 Å². The predicted molar refractivity (Wildman–Crippen MR) is 84.9 cm³/mol. The first-order chi connectivity index (χ1) is 9.09. The fourth-order valence-electron chi connectivity index (χ4n) is 1.18. The minimum absolute atomic E-state index is 0.404. The molecule has 0 aromatic heterocycles. The van der Waals surface area contributed by atoms with Gasteiger partial charge in [-0.2, -0.15) is 0 Å². The van der Waals surface area contributed by atoms with Crippen LogP contribution in [0.4, 0.5) is 0 Å². The fraction of sp³-hybridized carbons (Fsp3) is 0.750. The molecule has 7 heteroatoms. The van der Waals surface area contributed by atoms with Crippen LogP contribution in [-0.4, -0.2) is 76.4 Å². The molecule has 0 spiro atoms. The van der Waals surface area contributed by atoms with Crippen LogP contribution in [0.25, 0.3) is 0 Å². The van der Waals surface area contributed by atoms with E-state index in [9.17, 15) is 4.79 Å². The molecule has 0 saturated carbocycles. The summed E-state index contributed by atoms with van der Waals surface area (Å²) in [6, 6.07) is 0. The van der Waals surface area contributed by atoms with Gasteiger partial charge in [0.2, 0.25) is 15.4 Å². The van der Waals surface area contributed by atoms with E-state index in [0.29, 0.717) is 46.2 Å². The summed E-state index contributed by atoms with van der Waals surface area (Å²) in [6.45, 7) is 7.35. The summed E-state index contributed by atoms with van der Waals surface area (Å²) in [6.07, 6.45) is 9.36. The maximum absolute atomic E-state index is 10.0. The number of aldehydes is 1. The summed E-state index contributed by atoms with van der Waals surface area (Å²) in [4.78, 5) is 10.0. The molecule has 0 saturated heterocycles. The highest BCUT2D eigenvalue weighted by atomic mass is 31.2. The molecule has 0 aromatic carbocycles. The van der Waals surface area contributed by atoms with Gasteiger partial charge in [0, 0.05) is 6.42 Å². The Morgan fingerprint density at radius 3 is 1.89 bits per heavy atom. The largest absolute Gasteiger partial charge is 0.379 e. The van der Waals surface area contributed by atoms with Crippen molar-refractivity contribution in [1.29, 1.82) is 0 Å². The van der Waals surface area contributed by atoms with Gasteiger partial charge in [0.05, 0.1) is 50.1 Å². The van der Waals surface area contributed by atoms with Crippen molar-refractivity contribution in [3.63, 3.8) is 0 Å². The van der Waals surface area contributed by atoms with Crippen LogP contribution in [0.5, 0.6) is 0 Å². The molecular weight excluding hydrogens is 284 g/mol. The Hall–Kier alpha value is -0.150. The predicted octanol–water partition coefficient (Wildman–Crippen LogP) is 1.80. The number of hydrogen-bond donors (Lipinski definition) is 0. The summed E-state index contributed by atoms with van der Waals surface area (Å²) in [5.74, 6) is 0. The molecule has 0 bridgehead atoms. The van der Waals surface area contributed by atoms with Gasteiger partial charge in [0.25, 0.3) is 0 Å². The molecule has 5 nitrogen and oxygen atoms in total. The Morgan fingerprint density at radius 2 is 1.42 bits per heavy atom. The SMILES string of the molecule is C=[P+](C)N(COCCOCCOCCC=O)[P+](=C)C. The van der Waals surface area contributed by atoms with Gasteiger partial charge in [0.15, 0.2) is 6.73 Å². The highest BCUT2D eigenvalue weighted by Crippen LogP contribution is 2.36. The normalized spacial score (nSPS) is 12.6.